The smallest absolute Gasteiger partial charge is 0.267 e. The Morgan fingerprint density at radius 3 is 2.52 bits per heavy atom. The number of nitrogens with zero attached hydrogens (tertiary/aromatic N) is 4. The van der Waals surface area contributed by atoms with E-state index >= 15 is 0 Å². The minimum atomic E-state index is -0.421. The molecule has 27 heavy (non-hydrogen) atoms. The van der Waals surface area contributed by atoms with Crippen molar-refractivity contribution in [1.82, 2.24) is 19.6 Å². The van der Waals surface area contributed by atoms with Gasteiger partial charge < -0.3 is 5.32 Å². The molecule has 2 heterocycles. The fourth-order valence-corrected chi connectivity index (χ4v) is 2.68. The van der Waals surface area contributed by atoms with Crippen molar-refractivity contribution in [2.45, 2.75) is 27.3 Å². The molecule has 1 amide bonds. The molecule has 0 aliphatic rings. The average molecular weight is 365 g/mol. The number of benzene rings is 1. The maximum atomic E-state index is 12.3. The van der Waals surface area contributed by atoms with Crippen LogP contribution >= 0.6 is 0 Å². The molecular formula is C19H19N5O3. The van der Waals surface area contributed by atoms with Gasteiger partial charge in [0.05, 0.1) is 5.69 Å². The van der Waals surface area contributed by atoms with Gasteiger partial charge in [-0.15, -0.1) is 5.10 Å². The highest BCUT2D eigenvalue weighted by molar-refractivity contribution is 5.97. The number of nitrogens with one attached hydrogen (secondary N) is 1. The second-order valence-corrected chi connectivity index (χ2v) is 6.21. The first-order chi connectivity index (χ1) is 12.8. The van der Waals surface area contributed by atoms with E-state index in [-0.39, 0.29) is 12.3 Å². The fourth-order valence-electron chi connectivity index (χ4n) is 2.68. The minimum absolute atomic E-state index is 0.0958. The Labute approximate surface area is 155 Å². The molecule has 0 aliphatic heterocycles. The lowest BCUT2D eigenvalue weighted by molar-refractivity contribution is -0.117. The van der Waals surface area contributed by atoms with E-state index in [1.807, 2.05) is 19.9 Å². The van der Waals surface area contributed by atoms with E-state index in [9.17, 15) is 14.4 Å². The van der Waals surface area contributed by atoms with Crippen LogP contribution in [-0.2, 0) is 11.3 Å². The molecule has 8 heteroatoms. The Hall–Kier alpha value is -3.55. The number of aryl methyl sites for hydroxylation is 2. The van der Waals surface area contributed by atoms with Gasteiger partial charge in [-0.05, 0) is 45.0 Å². The third kappa shape index (κ3) is 4.17. The molecule has 0 saturated carbocycles. The van der Waals surface area contributed by atoms with Crippen LogP contribution in [-0.4, -0.2) is 31.3 Å². The van der Waals surface area contributed by atoms with Gasteiger partial charge in [-0.2, -0.15) is 5.10 Å². The number of hydrogen-bond donors (Lipinski definition) is 1. The van der Waals surface area contributed by atoms with Gasteiger partial charge in [0, 0.05) is 23.0 Å². The van der Waals surface area contributed by atoms with E-state index in [1.165, 1.54) is 13.0 Å². The summed E-state index contributed by atoms with van der Waals surface area (Å²) in [5.41, 5.74) is 2.28. The summed E-state index contributed by atoms with van der Waals surface area (Å²) in [5, 5.41) is 11.2. The predicted molar refractivity (Wildman–Crippen MR) is 100 cm³/mol. The Morgan fingerprint density at radius 1 is 1.07 bits per heavy atom. The number of anilines is 1. The quantitative estimate of drug-likeness (QED) is 0.696. The summed E-state index contributed by atoms with van der Waals surface area (Å²) in [6, 6.07) is 11.4. The predicted octanol–water partition coefficient (Wildman–Crippen LogP) is 1.89. The molecule has 0 saturated heterocycles. The van der Waals surface area contributed by atoms with Crippen molar-refractivity contribution in [1.29, 1.82) is 0 Å². The van der Waals surface area contributed by atoms with Crippen LogP contribution in [0.4, 0.5) is 5.69 Å². The van der Waals surface area contributed by atoms with Crippen molar-refractivity contribution in [2.24, 2.45) is 0 Å². The van der Waals surface area contributed by atoms with Gasteiger partial charge in [0.1, 0.15) is 6.54 Å². The number of amides is 1. The molecule has 0 bridgehead atoms. The third-order valence-electron chi connectivity index (χ3n) is 3.93. The largest absolute Gasteiger partial charge is 0.324 e. The maximum Gasteiger partial charge on any atom is 0.267 e. The summed E-state index contributed by atoms with van der Waals surface area (Å²) in [6.45, 7) is 4.94. The monoisotopic (exact) mass is 365 g/mol. The zero-order valence-electron chi connectivity index (χ0n) is 15.3. The van der Waals surface area contributed by atoms with Crippen molar-refractivity contribution in [3.05, 3.63) is 69.8 Å². The molecule has 0 atom stereocenters. The summed E-state index contributed by atoms with van der Waals surface area (Å²) in [4.78, 5) is 35.8. The molecule has 1 aromatic carbocycles. The summed E-state index contributed by atoms with van der Waals surface area (Å²) in [7, 11) is 0. The van der Waals surface area contributed by atoms with Crippen LogP contribution in [0.1, 0.15) is 28.7 Å². The highest BCUT2D eigenvalue weighted by atomic mass is 16.2. The Bertz CT molecular complexity index is 1080. The molecule has 1 N–H and O–H groups in total. The number of carbonyl (C=O) groups excluding carboxylic acids is 2. The first-order valence-electron chi connectivity index (χ1n) is 8.36. The normalized spacial score (nSPS) is 10.6. The van der Waals surface area contributed by atoms with Crippen molar-refractivity contribution in [3.63, 3.8) is 0 Å². The van der Waals surface area contributed by atoms with Crippen molar-refractivity contribution < 1.29 is 9.59 Å². The summed E-state index contributed by atoms with van der Waals surface area (Å²) in [5.74, 6) is -0.0658. The second-order valence-electron chi connectivity index (χ2n) is 6.21. The van der Waals surface area contributed by atoms with Crippen LogP contribution in [0.15, 0.2) is 47.3 Å². The Kier molecular flexibility index (Phi) is 4.98. The molecule has 3 aromatic rings. The van der Waals surface area contributed by atoms with Crippen molar-refractivity contribution in [2.75, 3.05) is 5.32 Å². The standard InChI is InChI=1S/C19H19N5O3/c1-12-9-13(2)24(21-12)17-7-8-19(27)23(22-17)11-18(26)20-16-6-4-5-15(10-16)14(3)25/h4-10H,11H2,1-3H3,(H,20,26). The Morgan fingerprint density at radius 2 is 1.85 bits per heavy atom. The first kappa shape index (κ1) is 18.2. The van der Waals surface area contributed by atoms with Crippen LogP contribution in [0.25, 0.3) is 5.82 Å². The molecule has 0 radical (unpaired) electrons. The van der Waals surface area contributed by atoms with E-state index in [1.54, 1.807) is 35.0 Å². The molecule has 0 unspecified atom stereocenters. The van der Waals surface area contributed by atoms with Crippen LogP contribution in [0.2, 0.25) is 0 Å². The lowest BCUT2D eigenvalue weighted by atomic mass is 10.1. The van der Waals surface area contributed by atoms with Crippen LogP contribution in [0.5, 0.6) is 0 Å². The molecular weight excluding hydrogens is 346 g/mol. The SMILES string of the molecule is CC(=O)c1cccc(NC(=O)Cn2nc(-n3nc(C)cc3C)ccc2=O)c1. The highest BCUT2D eigenvalue weighted by Crippen LogP contribution is 2.11. The third-order valence-corrected chi connectivity index (χ3v) is 3.93. The number of ketones is 1. The van der Waals surface area contributed by atoms with Gasteiger partial charge in [-0.3, -0.25) is 14.4 Å². The van der Waals surface area contributed by atoms with Crippen molar-refractivity contribution in [3.8, 4) is 5.82 Å². The summed E-state index contributed by atoms with van der Waals surface area (Å²) < 4.78 is 2.69. The van der Waals surface area contributed by atoms with Crippen LogP contribution in [0, 0.1) is 13.8 Å². The molecule has 3 rings (SSSR count). The number of Topliss-reactive ketones (excluding diaryl/α,β-unsaturated/α-hetero) is 1. The van der Waals surface area contributed by atoms with Gasteiger partial charge in [-0.1, -0.05) is 12.1 Å². The molecule has 0 aliphatic carbocycles. The van der Waals surface area contributed by atoms with Gasteiger partial charge in [0.2, 0.25) is 5.91 Å². The van der Waals surface area contributed by atoms with Gasteiger partial charge in [0.15, 0.2) is 11.6 Å². The topological polar surface area (TPSA) is 98.9 Å². The van der Waals surface area contributed by atoms with E-state index in [4.69, 9.17) is 0 Å². The fraction of sp³-hybridized carbons (Fsp3) is 0.211. The van der Waals surface area contributed by atoms with E-state index in [0.717, 1.165) is 16.1 Å². The van der Waals surface area contributed by atoms with Gasteiger partial charge in [0.25, 0.3) is 5.56 Å². The average Bonchev–Trinajstić information content (AvgIpc) is 2.95. The second kappa shape index (κ2) is 7.36. The van der Waals surface area contributed by atoms with Gasteiger partial charge in [-0.25, -0.2) is 9.36 Å². The lowest BCUT2D eigenvalue weighted by Crippen LogP contribution is -2.30. The molecule has 138 valence electrons. The zero-order chi connectivity index (χ0) is 19.6. The highest BCUT2D eigenvalue weighted by Gasteiger charge is 2.11. The molecule has 2 aromatic heterocycles. The van der Waals surface area contributed by atoms with E-state index in [2.05, 4.69) is 15.5 Å². The minimum Gasteiger partial charge on any atom is -0.324 e. The molecule has 0 spiro atoms. The lowest BCUT2D eigenvalue weighted by Gasteiger charge is -2.09. The number of hydrogen-bond acceptors (Lipinski definition) is 5. The maximum absolute atomic E-state index is 12.3. The van der Waals surface area contributed by atoms with Crippen molar-refractivity contribution >= 4 is 17.4 Å². The number of aromatic nitrogens is 4. The number of carbonyl (C=O) groups is 2. The Balaban J connectivity index is 1.81. The van der Waals surface area contributed by atoms with Crippen LogP contribution in [0.3, 0.4) is 0 Å². The van der Waals surface area contributed by atoms with Gasteiger partial charge >= 0.3 is 0 Å². The summed E-state index contributed by atoms with van der Waals surface area (Å²) >= 11 is 0. The van der Waals surface area contributed by atoms with E-state index < -0.39 is 11.5 Å². The van der Waals surface area contributed by atoms with E-state index in [0.29, 0.717) is 17.1 Å². The molecule has 0 fully saturated rings. The zero-order valence-corrected chi connectivity index (χ0v) is 15.3. The van der Waals surface area contributed by atoms with Crippen LogP contribution < -0.4 is 10.9 Å². The summed E-state index contributed by atoms with van der Waals surface area (Å²) in [6.07, 6.45) is 0. The number of rotatable bonds is 5. The molecule has 8 nitrogen and oxygen atoms in total. The first-order valence-corrected chi connectivity index (χ1v) is 8.36.